The van der Waals surface area contributed by atoms with Crippen LogP contribution in [0.4, 0.5) is 0 Å². The molecule has 8 nitrogen and oxygen atoms in total. The van der Waals surface area contributed by atoms with Crippen molar-refractivity contribution in [1.82, 2.24) is 10.6 Å². The Balaban J connectivity index is 5.07. The molecule has 0 heterocycles. The molecule has 5 atom stereocenters. The molecule has 0 aliphatic rings. The zero-order valence-corrected chi connectivity index (χ0v) is 16.5. The number of nitrogens with one attached hydrogen (secondary N) is 2. The van der Waals surface area contributed by atoms with Gasteiger partial charge in [0.1, 0.15) is 12.1 Å². The Hall–Kier alpha value is -1.67. The van der Waals surface area contributed by atoms with E-state index in [0.29, 0.717) is 32.2 Å². The summed E-state index contributed by atoms with van der Waals surface area (Å²) in [5.74, 6) is -2.15. The molecule has 0 rings (SSSR count). The van der Waals surface area contributed by atoms with Crippen LogP contribution in [0, 0.1) is 11.8 Å². The van der Waals surface area contributed by atoms with Gasteiger partial charge in [-0.25, -0.2) is 4.79 Å². The first kappa shape index (κ1) is 24.3. The molecule has 0 bridgehead atoms. The molecule has 0 aliphatic heterocycles. The van der Waals surface area contributed by atoms with Gasteiger partial charge in [-0.05, 0) is 37.6 Å². The minimum absolute atomic E-state index is 0.0151. The van der Waals surface area contributed by atoms with Crippen molar-refractivity contribution in [2.75, 3.05) is 6.54 Å². The van der Waals surface area contributed by atoms with E-state index < -0.39 is 35.9 Å². The molecule has 7 N–H and O–H groups in total. The van der Waals surface area contributed by atoms with Gasteiger partial charge in [-0.1, -0.05) is 40.5 Å². The predicted octanol–water partition coefficient (Wildman–Crippen LogP) is 0.589. The fourth-order valence-electron chi connectivity index (χ4n) is 2.48. The third-order valence-electron chi connectivity index (χ3n) is 4.91. The highest BCUT2D eigenvalue weighted by molar-refractivity contribution is 5.92. The van der Waals surface area contributed by atoms with Gasteiger partial charge in [-0.3, -0.25) is 9.59 Å². The molecule has 0 saturated heterocycles. The number of nitrogens with two attached hydrogens (primary N) is 2. The summed E-state index contributed by atoms with van der Waals surface area (Å²) in [5, 5.41) is 14.6. The lowest BCUT2D eigenvalue weighted by Gasteiger charge is -2.27. The number of hydrogen-bond acceptors (Lipinski definition) is 5. The minimum Gasteiger partial charge on any atom is -0.480 e. The highest BCUT2D eigenvalue weighted by Gasteiger charge is 2.31. The van der Waals surface area contributed by atoms with E-state index >= 15 is 0 Å². The SMILES string of the molecule is CC[C@H](C)[C@H](N)C(=O)N[C@H](C(=O)N[C@@H](CCCCN)C(=O)O)[C@@H](C)CC. The smallest absolute Gasteiger partial charge is 0.326 e. The van der Waals surface area contributed by atoms with Crippen LogP contribution in [-0.4, -0.2) is 47.6 Å². The molecular formula is C18H36N4O4. The number of carbonyl (C=O) groups is 3. The number of unbranched alkanes of at least 4 members (excludes halogenated alkanes) is 1. The third-order valence-corrected chi connectivity index (χ3v) is 4.91. The van der Waals surface area contributed by atoms with Gasteiger partial charge >= 0.3 is 5.97 Å². The minimum atomic E-state index is -1.10. The molecule has 0 aromatic rings. The molecule has 0 aromatic heterocycles. The van der Waals surface area contributed by atoms with Crippen LogP contribution in [0.5, 0.6) is 0 Å². The Kier molecular flexibility index (Phi) is 11.8. The monoisotopic (exact) mass is 372 g/mol. The van der Waals surface area contributed by atoms with Crippen molar-refractivity contribution in [2.24, 2.45) is 23.3 Å². The van der Waals surface area contributed by atoms with Crippen LogP contribution in [0.1, 0.15) is 59.8 Å². The molecule has 0 saturated carbocycles. The summed E-state index contributed by atoms with van der Waals surface area (Å²) in [6, 6.07) is -2.53. The number of carboxylic acids is 1. The standard InChI is InChI=1S/C18H36N4O4/c1-5-11(3)14(20)16(23)22-15(12(4)6-2)17(24)21-13(18(25)26)9-7-8-10-19/h11-15H,5-10,19-20H2,1-4H3,(H,21,24)(H,22,23)(H,25,26)/t11-,12-,13-,14-,15-/m0/s1. The van der Waals surface area contributed by atoms with E-state index in [-0.39, 0.29) is 11.8 Å². The van der Waals surface area contributed by atoms with Crippen molar-refractivity contribution in [3.63, 3.8) is 0 Å². The number of carbonyl (C=O) groups excluding carboxylic acids is 2. The zero-order chi connectivity index (χ0) is 20.3. The molecule has 8 heteroatoms. The van der Waals surface area contributed by atoms with E-state index in [4.69, 9.17) is 11.5 Å². The Morgan fingerprint density at radius 3 is 2.00 bits per heavy atom. The Bertz CT molecular complexity index is 458. The lowest BCUT2D eigenvalue weighted by Crippen LogP contribution is -2.57. The van der Waals surface area contributed by atoms with E-state index in [1.165, 1.54) is 0 Å². The summed E-state index contributed by atoms with van der Waals surface area (Å²) in [7, 11) is 0. The average molecular weight is 373 g/mol. The molecule has 0 fully saturated rings. The lowest BCUT2D eigenvalue weighted by molar-refractivity contribution is -0.142. The van der Waals surface area contributed by atoms with Gasteiger partial charge in [0.2, 0.25) is 11.8 Å². The summed E-state index contributed by atoms with van der Waals surface area (Å²) >= 11 is 0. The van der Waals surface area contributed by atoms with Crippen LogP contribution in [0.25, 0.3) is 0 Å². The van der Waals surface area contributed by atoms with Crippen LogP contribution in [0.2, 0.25) is 0 Å². The number of carboxylic acid groups (broad SMARTS) is 1. The summed E-state index contributed by atoms with van der Waals surface area (Å²) < 4.78 is 0. The quantitative estimate of drug-likeness (QED) is 0.299. The van der Waals surface area contributed by atoms with E-state index in [2.05, 4.69) is 10.6 Å². The van der Waals surface area contributed by atoms with Crippen LogP contribution in [0.15, 0.2) is 0 Å². The molecule has 0 aliphatic carbocycles. The molecule has 2 amide bonds. The van der Waals surface area contributed by atoms with Crippen molar-refractivity contribution in [1.29, 1.82) is 0 Å². The number of amides is 2. The first-order valence-corrected chi connectivity index (χ1v) is 9.48. The van der Waals surface area contributed by atoms with Crippen molar-refractivity contribution in [3.8, 4) is 0 Å². The molecular weight excluding hydrogens is 336 g/mol. The van der Waals surface area contributed by atoms with Crippen molar-refractivity contribution in [3.05, 3.63) is 0 Å². The maximum Gasteiger partial charge on any atom is 0.326 e. The van der Waals surface area contributed by atoms with Crippen LogP contribution in [-0.2, 0) is 14.4 Å². The van der Waals surface area contributed by atoms with E-state index in [1.807, 2.05) is 27.7 Å². The summed E-state index contributed by atoms with van der Waals surface area (Å²) in [6.07, 6.45) is 2.99. The van der Waals surface area contributed by atoms with Crippen molar-refractivity contribution < 1.29 is 19.5 Å². The lowest BCUT2D eigenvalue weighted by atomic mass is 9.95. The number of hydrogen-bond donors (Lipinski definition) is 5. The van der Waals surface area contributed by atoms with Gasteiger partial charge in [0.05, 0.1) is 6.04 Å². The van der Waals surface area contributed by atoms with E-state index in [0.717, 1.165) is 6.42 Å². The van der Waals surface area contributed by atoms with Gasteiger partial charge in [0.25, 0.3) is 0 Å². The van der Waals surface area contributed by atoms with Gasteiger partial charge in [0, 0.05) is 0 Å². The van der Waals surface area contributed by atoms with Gasteiger partial charge in [-0.15, -0.1) is 0 Å². The van der Waals surface area contributed by atoms with E-state index in [9.17, 15) is 19.5 Å². The summed E-state index contributed by atoms with van der Waals surface area (Å²) in [4.78, 5) is 36.4. The highest BCUT2D eigenvalue weighted by atomic mass is 16.4. The second-order valence-electron chi connectivity index (χ2n) is 6.97. The second kappa shape index (κ2) is 12.6. The zero-order valence-electron chi connectivity index (χ0n) is 16.5. The molecule has 152 valence electrons. The second-order valence-corrected chi connectivity index (χ2v) is 6.97. The average Bonchev–Trinajstić information content (AvgIpc) is 2.62. The summed E-state index contributed by atoms with van der Waals surface area (Å²) in [5.41, 5.74) is 11.4. The van der Waals surface area contributed by atoms with Crippen LogP contribution >= 0.6 is 0 Å². The molecule has 0 spiro atoms. The largest absolute Gasteiger partial charge is 0.480 e. The summed E-state index contributed by atoms with van der Waals surface area (Å²) in [6.45, 7) is 8.03. The predicted molar refractivity (Wildman–Crippen MR) is 101 cm³/mol. The first-order chi connectivity index (χ1) is 12.2. The van der Waals surface area contributed by atoms with Crippen LogP contribution in [0.3, 0.4) is 0 Å². The molecule has 26 heavy (non-hydrogen) atoms. The fraction of sp³-hybridized carbons (Fsp3) is 0.833. The fourth-order valence-corrected chi connectivity index (χ4v) is 2.48. The maximum absolute atomic E-state index is 12.6. The topological polar surface area (TPSA) is 148 Å². The Morgan fingerprint density at radius 2 is 1.54 bits per heavy atom. The van der Waals surface area contributed by atoms with Gasteiger partial charge in [0.15, 0.2) is 0 Å². The van der Waals surface area contributed by atoms with Gasteiger partial charge in [-0.2, -0.15) is 0 Å². The maximum atomic E-state index is 12.6. The molecule has 0 aromatic carbocycles. The van der Waals surface area contributed by atoms with Gasteiger partial charge < -0.3 is 27.2 Å². The number of rotatable bonds is 13. The van der Waals surface area contributed by atoms with Crippen LogP contribution < -0.4 is 22.1 Å². The van der Waals surface area contributed by atoms with E-state index in [1.54, 1.807) is 0 Å². The Labute approximate surface area is 156 Å². The Morgan fingerprint density at radius 1 is 0.962 bits per heavy atom. The first-order valence-electron chi connectivity index (χ1n) is 9.48. The van der Waals surface area contributed by atoms with Crippen molar-refractivity contribution in [2.45, 2.75) is 77.9 Å². The number of aliphatic carboxylic acids is 1. The third kappa shape index (κ3) is 8.14. The molecule has 0 unspecified atom stereocenters. The highest BCUT2D eigenvalue weighted by Crippen LogP contribution is 2.12. The van der Waals surface area contributed by atoms with Crippen molar-refractivity contribution >= 4 is 17.8 Å². The molecule has 0 radical (unpaired) electrons. The normalized spacial score (nSPS) is 16.8.